The van der Waals surface area contributed by atoms with Crippen LogP contribution in [0.2, 0.25) is 0 Å². The van der Waals surface area contributed by atoms with Crippen LogP contribution in [0.15, 0.2) is 35.5 Å². The normalized spacial score (nSPS) is 28.0. The van der Waals surface area contributed by atoms with Gasteiger partial charge in [0.05, 0.1) is 5.71 Å². The van der Waals surface area contributed by atoms with Crippen molar-refractivity contribution in [3.63, 3.8) is 0 Å². The van der Waals surface area contributed by atoms with Gasteiger partial charge in [-0.3, -0.25) is 0 Å². The topological polar surface area (TPSA) is 21.6 Å². The minimum Gasteiger partial charge on any atom is -0.389 e. The van der Waals surface area contributed by atoms with Gasteiger partial charge in [0.2, 0.25) is 0 Å². The van der Waals surface area contributed by atoms with Crippen LogP contribution in [-0.2, 0) is 11.3 Å². The van der Waals surface area contributed by atoms with Gasteiger partial charge in [0.25, 0.3) is 0 Å². The maximum atomic E-state index is 5.91. The molecular weight excluding hydrogens is 270 g/mol. The molecular formula is C20H29NO. The number of aryl methyl sites for hydroxylation is 1. The second-order valence-corrected chi connectivity index (χ2v) is 7.53. The Morgan fingerprint density at radius 1 is 1.14 bits per heavy atom. The minimum atomic E-state index is 0.0630. The molecule has 1 aromatic rings. The van der Waals surface area contributed by atoms with Gasteiger partial charge in [-0.1, -0.05) is 49.3 Å². The molecule has 1 aliphatic carbocycles. The molecule has 1 aliphatic heterocycles. The zero-order chi connectivity index (χ0) is 15.4. The second-order valence-electron chi connectivity index (χ2n) is 7.53. The fraction of sp³-hybridized carbons (Fsp3) is 0.650. The molecule has 0 bridgehead atoms. The smallest absolute Gasteiger partial charge is 0.143 e. The van der Waals surface area contributed by atoms with Crippen LogP contribution in [0.25, 0.3) is 0 Å². The third kappa shape index (κ3) is 3.71. The zero-order valence-electron chi connectivity index (χ0n) is 14.1. The van der Waals surface area contributed by atoms with Crippen molar-refractivity contribution < 1.29 is 4.84 Å². The Morgan fingerprint density at radius 3 is 2.55 bits per heavy atom. The van der Waals surface area contributed by atoms with E-state index in [9.17, 15) is 0 Å². The lowest BCUT2D eigenvalue weighted by atomic mass is 9.73. The van der Waals surface area contributed by atoms with Crippen molar-refractivity contribution in [1.29, 1.82) is 0 Å². The Hall–Kier alpha value is -1.31. The summed E-state index contributed by atoms with van der Waals surface area (Å²) in [6.07, 6.45) is 9.49. The van der Waals surface area contributed by atoms with Crippen LogP contribution in [0.3, 0.4) is 0 Å². The summed E-state index contributed by atoms with van der Waals surface area (Å²) in [5.74, 6) is 1.70. The Kier molecular flexibility index (Phi) is 4.85. The van der Waals surface area contributed by atoms with Crippen molar-refractivity contribution in [2.75, 3.05) is 0 Å². The van der Waals surface area contributed by atoms with Gasteiger partial charge in [0.15, 0.2) is 0 Å². The van der Waals surface area contributed by atoms with Crippen LogP contribution >= 0.6 is 0 Å². The van der Waals surface area contributed by atoms with Crippen molar-refractivity contribution in [1.82, 2.24) is 0 Å². The van der Waals surface area contributed by atoms with E-state index in [1.807, 2.05) is 0 Å². The van der Waals surface area contributed by atoms with E-state index in [-0.39, 0.29) is 5.60 Å². The van der Waals surface area contributed by atoms with Gasteiger partial charge in [0.1, 0.15) is 5.60 Å². The lowest BCUT2D eigenvalue weighted by molar-refractivity contribution is -0.0578. The molecule has 0 N–H and O–H groups in total. The highest BCUT2D eigenvalue weighted by Gasteiger charge is 2.42. The lowest BCUT2D eigenvalue weighted by Gasteiger charge is -2.36. The molecule has 1 aromatic carbocycles. The summed E-state index contributed by atoms with van der Waals surface area (Å²) in [4.78, 5) is 5.91. The first-order valence-electron chi connectivity index (χ1n) is 8.95. The molecule has 0 aromatic heterocycles. The van der Waals surface area contributed by atoms with Crippen molar-refractivity contribution in [2.45, 2.75) is 70.8 Å². The van der Waals surface area contributed by atoms with Crippen molar-refractivity contribution in [3.8, 4) is 0 Å². The molecule has 1 heterocycles. The Labute approximate surface area is 134 Å². The fourth-order valence-corrected chi connectivity index (χ4v) is 3.97. The molecule has 0 saturated heterocycles. The third-order valence-corrected chi connectivity index (χ3v) is 5.55. The molecule has 0 amide bonds. The van der Waals surface area contributed by atoms with E-state index in [0.29, 0.717) is 0 Å². The highest BCUT2D eigenvalue weighted by molar-refractivity contribution is 5.86. The third-order valence-electron chi connectivity index (χ3n) is 5.55. The van der Waals surface area contributed by atoms with Crippen LogP contribution in [0.5, 0.6) is 0 Å². The van der Waals surface area contributed by atoms with Crippen molar-refractivity contribution in [2.24, 2.45) is 17.0 Å². The van der Waals surface area contributed by atoms with Crippen LogP contribution in [0.1, 0.15) is 64.4 Å². The predicted molar refractivity (Wildman–Crippen MR) is 92.0 cm³/mol. The molecule has 120 valence electrons. The maximum Gasteiger partial charge on any atom is 0.143 e. The van der Waals surface area contributed by atoms with Crippen molar-refractivity contribution in [3.05, 3.63) is 35.9 Å². The number of oxime groups is 1. The highest BCUT2D eigenvalue weighted by atomic mass is 16.7. The zero-order valence-corrected chi connectivity index (χ0v) is 14.1. The quantitative estimate of drug-likeness (QED) is 0.716. The van der Waals surface area contributed by atoms with E-state index < -0.39 is 0 Å². The molecule has 1 spiro atoms. The Balaban J connectivity index is 1.42. The van der Waals surface area contributed by atoms with Gasteiger partial charge in [-0.25, -0.2) is 0 Å². The maximum absolute atomic E-state index is 5.91. The average molecular weight is 299 g/mol. The predicted octanol–water partition coefficient (Wildman–Crippen LogP) is 5.37. The molecule has 0 radical (unpaired) electrons. The first-order chi connectivity index (χ1) is 10.7. The fourth-order valence-electron chi connectivity index (χ4n) is 3.97. The van der Waals surface area contributed by atoms with Crippen LogP contribution < -0.4 is 0 Å². The van der Waals surface area contributed by atoms with Crippen LogP contribution in [0.4, 0.5) is 0 Å². The molecule has 2 aliphatic rings. The summed E-state index contributed by atoms with van der Waals surface area (Å²) in [7, 11) is 0. The standard InChI is InChI=1S/C20H29NO/c1-16(2)18-11-13-20(14-12-18)15-19(21-22-20)10-6-9-17-7-4-3-5-8-17/h3-5,7-8,16,18H,6,9-15H2,1-2H3. The monoisotopic (exact) mass is 299 g/mol. The molecule has 1 fully saturated rings. The van der Waals surface area contributed by atoms with Crippen LogP contribution in [0, 0.1) is 11.8 Å². The summed E-state index contributed by atoms with van der Waals surface area (Å²) < 4.78 is 0. The highest BCUT2D eigenvalue weighted by Crippen LogP contribution is 2.43. The van der Waals surface area contributed by atoms with Gasteiger partial charge >= 0.3 is 0 Å². The van der Waals surface area contributed by atoms with Crippen LogP contribution in [-0.4, -0.2) is 11.3 Å². The second kappa shape index (κ2) is 6.85. The van der Waals surface area contributed by atoms with E-state index in [4.69, 9.17) is 4.84 Å². The van der Waals surface area contributed by atoms with Gasteiger partial charge in [0, 0.05) is 6.42 Å². The summed E-state index contributed by atoms with van der Waals surface area (Å²) in [6.45, 7) is 4.70. The van der Waals surface area contributed by atoms with Gasteiger partial charge in [-0.15, -0.1) is 0 Å². The Morgan fingerprint density at radius 2 is 1.86 bits per heavy atom. The Bertz CT molecular complexity index is 498. The number of nitrogens with zero attached hydrogens (tertiary/aromatic N) is 1. The molecule has 2 heteroatoms. The summed E-state index contributed by atoms with van der Waals surface area (Å²) in [5.41, 5.74) is 2.78. The summed E-state index contributed by atoms with van der Waals surface area (Å²) in [6, 6.07) is 10.7. The molecule has 0 unspecified atom stereocenters. The largest absolute Gasteiger partial charge is 0.389 e. The van der Waals surface area contributed by atoms with E-state index in [1.54, 1.807) is 0 Å². The number of hydrogen-bond donors (Lipinski definition) is 0. The average Bonchev–Trinajstić information content (AvgIpc) is 2.92. The SMILES string of the molecule is CC(C)C1CCC2(CC1)CC(CCCc1ccccc1)=NO2. The van der Waals surface area contributed by atoms with E-state index in [0.717, 1.165) is 31.1 Å². The molecule has 0 atom stereocenters. The molecule has 1 saturated carbocycles. The first-order valence-corrected chi connectivity index (χ1v) is 8.95. The van der Waals surface area contributed by atoms with Gasteiger partial charge in [-0.2, -0.15) is 0 Å². The van der Waals surface area contributed by atoms with Gasteiger partial charge < -0.3 is 4.84 Å². The first kappa shape index (κ1) is 15.6. The summed E-state index contributed by atoms with van der Waals surface area (Å²) >= 11 is 0. The number of rotatable bonds is 5. The van der Waals surface area contributed by atoms with E-state index in [1.165, 1.54) is 43.4 Å². The number of benzene rings is 1. The van der Waals surface area contributed by atoms with Crippen molar-refractivity contribution >= 4 is 5.71 Å². The van der Waals surface area contributed by atoms with E-state index >= 15 is 0 Å². The minimum absolute atomic E-state index is 0.0630. The molecule has 22 heavy (non-hydrogen) atoms. The summed E-state index contributed by atoms with van der Waals surface area (Å²) in [5, 5.41) is 4.43. The van der Waals surface area contributed by atoms with E-state index in [2.05, 4.69) is 49.3 Å². The lowest BCUT2D eigenvalue weighted by Crippen LogP contribution is -2.35. The van der Waals surface area contributed by atoms with Gasteiger partial charge in [-0.05, 0) is 62.3 Å². The number of hydrogen-bond acceptors (Lipinski definition) is 2. The molecule has 2 nitrogen and oxygen atoms in total. The molecule has 3 rings (SSSR count).